The fourth-order valence-corrected chi connectivity index (χ4v) is 2.87. The van der Waals surface area contributed by atoms with Gasteiger partial charge in [0.25, 0.3) is 0 Å². The molecular weight excluding hydrogens is 320 g/mol. The highest BCUT2D eigenvalue weighted by atomic mass is 16.5. The van der Waals surface area contributed by atoms with Crippen LogP contribution in [0.15, 0.2) is 42.5 Å². The van der Waals surface area contributed by atoms with E-state index in [1.807, 2.05) is 24.3 Å². The number of benzene rings is 2. The van der Waals surface area contributed by atoms with E-state index >= 15 is 0 Å². The zero-order valence-electron chi connectivity index (χ0n) is 14.0. The number of nitrogens with zero attached hydrogens (tertiary/aromatic N) is 1. The molecule has 0 atom stereocenters. The summed E-state index contributed by atoms with van der Waals surface area (Å²) in [6.07, 6.45) is 1.69. The summed E-state index contributed by atoms with van der Waals surface area (Å²) in [5, 5.41) is 12.5. The van der Waals surface area contributed by atoms with Gasteiger partial charge < -0.3 is 20.1 Å². The third kappa shape index (κ3) is 3.91. The Morgan fingerprint density at radius 1 is 1.24 bits per heavy atom. The molecule has 2 aromatic carbocycles. The first-order valence-electron chi connectivity index (χ1n) is 8.13. The van der Waals surface area contributed by atoms with Gasteiger partial charge in [-0.05, 0) is 36.2 Å². The summed E-state index contributed by atoms with van der Waals surface area (Å²) in [6.45, 7) is 0.750. The molecular formula is C19H20N2O4. The topological polar surface area (TPSA) is 78.9 Å². The van der Waals surface area contributed by atoms with E-state index in [9.17, 15) is 14.7 Å². The van der Waals surface area contributed by atoms with Crippen LogP contribution in [0.25, 0.3) is 0 Å². The molecule has 1 aliphatic rings. The Morgan fingerprint density at radius 2 is 2.00 bits per heavy atom. The molecule has 0 bridgehead atoms. The highest BCUT2D eigenvalue weighted by Gasteiger charge is 2.21. The number of phenols is 1. The molecule has 0 radical (unpaired) electrons. The van der Waals surface area contributed by atoms with Gasteiger partial charge in [0, 0.05) is 30.4 Å². The Balaban J connectivity index is 1.61. The van der Waals surface area contributed by atoms with Gasteiger partial charge in [0.1, 0.15) is 0 Å². The normalized spacial score (nSPS) is 13.8. The van der Waals surface area contributed by atoms with E-state index in [2.05, 4.69) is 5.32 Å². The van der Waals surface area contributed by atoms with E-state index < -0.39 is 0 Å². The lowest BCUT2D eigenvalue weighted by Gasteiger charge is -2.16. The summed E-state index contributed by atoms with van der Waals surface area (Å²) in [6, 6.07) is 12.1. The average molecular weight is 340 g/mol. The van der Waals surface area contributed by atoms with Gasteiger partial charge >= 0.3 is 0 Å². The predicted molar refractivity (Wildman–Crippen MR) is 95.0 cm³/mol. The van der Waals surface area contributed by atoms with Crippen LogP contribution in [0.3, 0.4) is 0 Å². The molecule has 3 rings (SSSR count). The van der Waals surface area contributed by atoms with E-state index in [1.165, 1.54) is 13.2 Å². The number of amides is 2. The fraction of sp³-hybridized carbons (Fsp3) is 0.263. The molecule has 1 heterocycles. The Hall–Kier alpha value is -3.02. The van der Waals surface area contributed by atoms with Gasteiger partial charge in [0.15, 0.2) is 11.5 Å². The largest absolute Gasteiger partial charge is 0.504 e. The molecule has 6 heteroatoms. The van der Waals surface area contributed by atoms with Crippen LogP contribution in [0.4, 0.5) is 11.4 Å². The van der Waals surface area contributed by atoms with Crippen LogP contribution in [0.5, 0.6) is 11.5 Å². The van der Waals surface area contributed by atoms with E-state index in [0.29, 0.717) is 17.9 Å². The molecule has 0 spiro atoms. The maximum atomic E-state index is 12.2. The molecule has 6 nitrogen and oxygen atoms in total. The molecule has 2 N–H and O–H groups in total. The molecule has 1 aliphatic heterocycles. The van der Waals surface area contributed by atoms with Gasteiger partial charge in [-0.3, -0.25) is 9.59 Å². The number of carbonyl (C=O) groups excluding carboxylic acids is 2. The van der Waals surface area contributed by atoms with Crippen LogP contribution in [-0.2, 0) is 16.0 Å². The number of carbonyl (C=O) groups is 2. The van der Waals surface area contributed by atoms with Crippen molar-refractivity contribution in [3.05, 3.63) is 48.0 Å². The molecule has 1 saturated heterocycles. The molecule has 2 aromatic rings. The Kier molecular flexibility index (Phi) is 4.88. The van der Waals surface area contributed by atoms with Crippen molar-refractivity contribution in [2.45, 2.75) is 19.3 Å². The molecule has 130 valence electrons. The lowest BCUT2D eigenvalue weighted by atomic mass is 10.1. The van der Waals surface area contributed by atoms with E-state index in [4.69, 9.17) is 4.74 Å². The number of rotatable bonds is 5. The van der Waals surface area contributed by atoms with Crippen molar-refractivity contribution >= 4 is 23.2 Å². The molecule has 2 amide bonds. The smallest absolute Gasteiger partial charge is 0.228 e. The number of hydrogen-bond donors (Lipinski definition) is 2. The van der Waals surface area contributed by atoms with Crippen molar-refractivity contribution in [1.82, 2.24) is 0 Å². The molecule has 25 heavy (non-hydrogen) atoms. The van der Waals surface area contributed by atoms with Crippen LogP contribution < -0.4 is 15.0 Å². The molecule has 0 aromatic heterocycles. The summed E-state index contributed by atoms with van der Waals surface area (Å²) in [5.41, 5.74) is 2.22. The third-order valence-corrected chi connectivity index (χ3v) is 4.15. The standard InChI is InChI=1S/C19H20N2O4/c1-25-17-9-6-14(12-16(17)22)20-18(23)11-13-4-7-15(8-5-13)21-10-2-3-19(21)24/h4-9,12,22H,2-3,10-11H2,1H3,(H,20,23). The van der Waals surface area contributed by atoms with Gasteiger partial charge in [-0.2, -0.15) is 0 Å². The first-order chi connectivity index (χ1) is 12.1. The molecule has 0 aliphatic carbocycles. The number of hydrogen-bond acceptors (Lipinski definition) is 4. The summed E-state index contributed by atoms with van der Waals surface area (Å²) in [4.78, 5) is 25.7. The first-order valence-corrected chi connectivity index (χ1v) is 8.13. The lowest BCUT2D eigenvalue weighted by molar-refractivity contribution is -0.117. The lowest BCUT2D eigenvalue weighted by Crippen LogP contribution is -2.23. The zero-order valence-corrected chi connectivity index (χ0v) is 14.0. The van der Waals surface area contributed by atoms with Crippen LogP contribution in [0.1, 0.15) is 18.4 Å². The number of ether oxygens (including phenoxy) is 1. The number of phenolic OH excluding ortho intramolecular Hbond substituents is 1. The summed E-state index contributed by atoms with van der Waals surface area (Å²) in [7, 11) is 1.46. The van der Waals surface area contributed by atoms with Crippen molar-refractivity contribution in [3.8, 4) is 11.5 Å². The van der Waals surface area contributed by atoms with E-state index in [1.54, 1.807) is 17.0 Å². The van der Waals surface area contributed by atoms with Crippen LogP contribution in [-0.4, -0.2) is 30.6 Å². The minimum Gasteiger partial charge on any atom is -0.504 e. The van der Waals surface area contributed by atoms with Gasteiger partial charge in [0.2, 0.25) is 11.8 Å². The number of aromatic hydroxyl groups is 1. The van der Waals surface area contributed by atoms with Gasteiger partial charge in [-0.15, -0.1) is 0 Å². The van der Waals surface area contributed by atoms with E-state index in [-0.39, 0.29) is 24.0 Å². The van der Waals surface area contributed by atoms with E-state index in [0.717, 1.165) is 24.2 Å². The number of anilines is 2. The predicted octanol–water partition coefficient (Wildman–Crippen LogP) is 2.71. The van der Waals surface area contributed by atoms with Gasteiger partial charge in [0.05, 0.1) is 13.5 Å². The van der Waals surface area contributed by atoms with Crippen molar-refractivity contribution < 1.29 is 19.4 Å². The minimum atomic E-state index is -0.186. The summed E-state index contributed by atoms with van der Waals surface area (Å²) < 4.78 is 4.97. The molecule has 0 unspecified atom stereocenters. The van der Waals surface area contributed by atoms with Crippen molar-refractivity contribution in [2.75, 3.05) is 23.9 Å². The average Bonchev–Trinajstić information content (AvgIpc) is 3.02. The second-order valence-electron chi connectivity index (χ2n) is 5.93. The summed E-state index contributed by atoms with van der Waals surface area (Å²) in [5.74, 6) is 0.282. The maximum Gasteiger partial charge on any atom is 0.228 e. The maximum absolute atomic E-state index is 12.2. The first kappa shape index (κ1) is 16.8. The minimum absolute atomic E-state index is 0.0278. The molecule has 0 saturated carbocycles. The zero-order chi connectivity index (χ0) is 17.8. The van der Waals surface area contributed by atoms with Crippen LogP contribution >= 0.6 is 0 Å². The Morgan fingerprint density at radius 3 is 2.60 bits per heavy atom. The second-order valence-corrected chi connectivity index (χ2v) is 5.93. The SMILES string of the molecule is COc1ccc(NC(=O)Cc2ccc(N3CCCC3=O)cc2)cc1O. The van der Waals surface area contributed by atoms with Crippen molar-refractivity contribution in [3.63, 3.8) is 0 Å². The third-order valence-electron chi connectivity index (χ3n) is 4.15. The highest BCUT2D eigenvalue weighted by molar-refractivity contribution is 5.95. The van der Waals surface area contributed by atoms with Crippen LogP contribution in [0, 0.1) is 0 Å². The monoisotopic (exact) mass is 340 g/mol. The Bertz CT molecular complexity index is 787. The highest BCUT2D eigenvalue weighted by Crippen LogP contribution is 2.28. The summed E-state index contributed by atoms with van der Waals surface area (Å²) >= 11 is 0. The van der Waals surface area contributed by atoms with Gasteiger partial charge in [-0.1, -0.05) is 12.1 Å². The number of nitrogens with one attached hydrogen (secondary N) is 1. The number of methoxy groups -OCH3 is 1. The second kappa shape index (κ2) is 7.25. The quantitative estimate of drug-likeness (QED) is 0.877. The molecule has 1 fully saturated rings. The fourth-order valence-electron chi connectivity index (χ4n) is 2.87. The van der Waals surface area contributed by atoms with Crippen molar-refractivity contribution in [2.24, 2.45) is 0 Å². The van der Waals surface area contributed by atoms with Gasteiger partial charge in [-0.25, -0.2) is 0 Å². The Labute approximate surface area is 146 Å². The van der Waals surface area contributed by atoms with Crippen LogP contribution in [0.2, 0.25) is 0 Å². The van der Waals surface area contributed by atoms with Crippen molar-refractivity contribution in [1.29, 1.82) is 0 Å².